The summed E-state index contributed by atoms with van der Waals surface area (Å²) in [7, 11) is 0. The third-order valence-corrected chi connectivity index (χ3v) is 3.50. The van der Waals surface area contributed by atoms with E-state index in [1.54, 1.807) is 6.07 Å². The van der Waals surface area contributed by atoms with Crippen LogP contribution in [0.4, 0.5) is 0 Å². The summed E-state index contributed by atoms with van der Waals surface area (Å²) in [6, 6.07) is 4.57. The first-order valence-corrected chi connectivity index (χ1v) is 6.69. The second-order valence-electron chi connectivity index (χ2n) is 4.65. The number of carbonyl (C=O) groups is 2. The smallest absolute Gasteiger partial charge is 0.323 e. The summed E-state index contributed by atoms with van der Waals surface area (Å²) < 4.78 is 0. The van der Waals surface area contributed by atoms with Gasteiger partial charge in [0.05, 0.1) is 10.6 Å². The summed E-state index contributed by atoms with van der Waals surface area (Å²) in [4.78, 5) is 24.5. The molecule has 0 spiro atoms. The highest BCUT2D eigenvalue weighted by atomic mass is 35.5. The Morgan fingerprint density at radius 2 is 2.00 bits per heavy atom. The van der Waals surface area contributed by atoms with Gasteiger partial charge in [-0.25, -0.2) is 0 Å². The number of carboxylic acids is 1. The van der Waals surface area contributed by atoms with Crippen molar-refractivity contribution in [2.24, 2.45) is 5.92 Å². The Hall–Kier alpha value is -1.26. The monoisotopic (exact) mass is 301 g/mol. The van der Waals surface area contributed by atoms with E-state index < -0.39 is 5.97 Å². The van der Waals surface area contributed by atoms with Crippen molar-refractivity contribution in [1.82, 2.24) is 4.90 Å². The van der Waals surface area contributed by atoms with Gasteiger partial charge in [-0.1, -0.05) is 23.2 Å². The molecule has 1 aromatic carbocycles. The average molecular weight is 302 g/mol. The molecule has 2 rings (SSSR count). The molecule has 1 aliphatic rings. The largest absolute Gasteiger partial charge is 0.480 e. The maximum atomic E-state index is 12.3. The van der Waals surface area contributed by atoms with Crippen LogP contribution in [0, 0.1) is 5.92 Å². The predicted molar refractivity (Wildman–Crippen MR) is 72.7 cm³/mol. The number of rotatable bonds is 5. The summed E-state index contributed by atoms with van der Waals surface area (Å²) in [6.07, 6.45) is 2.08. The molecule has 19 heavy (non-hydrogen) atoms. The van der Waals surface area contributed by atoms with Gasteiger partial charge in [0.15, 0.2) is 0 Å². The second kappa shape index (κ2) is 5.80. The Balaban J connectivity index is 2.19. The number of aliphatic carboxylic acids is 1. The number of nitrogens with zero attached hydrogens (tertiary/aromatic N) is 1. The molecule has 102 valence electrons. The molecule has 0 saturated heterocycles. The van der Waals surface area contributed by atoms with Crippen LogP contribution in [0.5, 0.6) is 0 Å². The molecule has 0 heterocycles. The molecule has 0 radical (unpaired) electrons. The van der Waals surface area contributed by atoms with Crippen molar-refractivity contribution in [3.63, 3.8) is 0 Å². The van der Waals surface area contributed by atoms with Gasteiger partial charge in [0, 0.05) is 11.6 Å². The number of halogens is 2. The van der Waals surface area contributed by atoms with E-state index in [4.69, 9.17) is 28.3 Å². The number of benzene rings is 1. The quantitative estimate of drug-likeness (QED) is 0.910. The molecule has 6 heteroatoms. The topological polar surface area (TPSA) is 57.6 Å². The van der Waals surface area contributed by atoms with Crippen molar-refractivity contribution in [3.8, 4) is 0 Å². The van der Waals surface area contributed by atoms with Gasteiger partial charge in [-0.3, -0.25) is 9.59 Å². The van der Waals surface area contributed by atoms with E-state index in [9.17, 15) is 9.59 Å². The normalized spacial score (nSPS) is 14.2. The highest BCUT2D eigenvalue weighted by molar-refractivity contribution is 6.36. The van der Waals surface area contributed by atoms with Crippen LogP contribution in [0.15, 0.2) is 18.2 Å². The highest BCUT2D eigenvalue weighted by Gasteiger charge is 2.29. The lowest BCUT2D eigenvalue weighted by atomic mass is 10.2. The SMILES string of the molecule is O=C(O)CN(CC1CC1)C(=O)c1ccc(Cl)cc1Cl. The Labute approximate surface area is 120 Å². The maximum Gasteiger partial charge on any atom is 0.323 e. The minimum atomic E-state index is -1.03. The molecule has 1 fully saturated rings. The van der Waals surface area contributed by atoms with Gasteiger partial charge < -0.3 is 10.0 Å². The summed E-state index contributed by atoms with van der Waals surface area (Å²) in [5.41, 5.74) is 0.285. The van der Waals surface area contributed by atoms with E-state index in [0.717, 1.165) is 12.8 Å². The van der Waals surface area contributed by atoms with Crippen molar-refractivity contribution in [1.29, 1.82) is 0 Å². The fourth-order valence-electron chi connectivity index (χ4n) is 1.83. The van der Waals surface area contributed by atoms with E-state index >= 15 is 0 Å². The zero-order valence-electron chi connectivity index (χ0n) is 10.1. The Morgan fingerprint density at radius 1 is 1.32 bits per heavy atom. The molecule has 1 N–H and O–H groups in total. The minimum absolute atomic E-state index is 0.240. The Morgan fingerprint density at radius 3 is 2.53 bits per heavy atom. The second-order valence-corrected chi connectivity index (χ2v) is 5.49. The summed E-state index contributed by atoms with van der Waals surface area (Å²) in [5, 5.41) is 9.56. The lowest BCUT2D eigenvalue weighted by molar-refractivity contribution is -0.137. The number of hydrogen-bond acceptors (Lipinski definition) is 2. The predicted octanol–water partition coefficient (Wildman–Crippen LogP) is 2.93. The zero-order valence-corrected chi connectivity index (χ0v) is 11.6. The van der Waals surface area contributed by atoms with Gasteiger partial charge >= 0.3 is 5.97 Å². The summed E-state index contributed by atoms with van der Waals surface area (Å²) in [6.45, 7) is 0.151. The number of carbonyl (C=O) groups excluding carboxylic acids is 1. The lowest BCUT2D eigenvalue weighted by Crippen LogP contribution is -2.37. The van der Waals surface area contributed by atoms with Gasteiger partial charge in [-0.2, -0.15) is 0 Å². The molecule has 0 bridgehead atoms. The van der Waals surface area contributed by atoms with E-state index in [1.165, 1.54) is 17.0 Å². The van der Waals surface area contributed by atoms with Crippen LogP contribution in [0.2, 0.25) is 10.0 Å². The van der Waals surface area contributed by atoms with Crippen LogP contribution in [0.1, 0.15) is 23.2 Å². The molecule has 1 amide bonds. The molecular formula is C13H13Cl2NO3. The average Bonchev–Trinajstić information content (AvgIpc) is 3.10. The van der Waals surface area contributed by atoms with E-state index in [-0.39, 0.29) is 23.0 Å². The fourth-order valence-corrected chi connectivity index (χ4v) is 2.32. The van der Waals surface area contributed by atoms with Gasteiger partial charge in [0.2, 0.25) is 0 Å². The highest BCUT2D eigenvalue weighted by Crippen LogP contribution is 2.31. The molecule has 1 aliphatic carbocycles. The number of carboxylic acid groups (broad SMARTS) is 1. The van der Waals surface area contributed by atoms with Crippen LogP contribution < -0.4 is 0 Å². The van der Waals surface area contributed by atoms with Gasteiger partial charge in [0.25, 0.3) is 5.91 Å². The van der Waals surface area contributed by atoms with Crippen LogP contribution in [-0.4, -0.2) is 35.0 Å². The third kappa shape index (κ3) is 3.85. The third-order valence-electron chi connectivity index (χ3n) is 2.95. The molecule has 0 aromatic heterocycles. The molecule has 0 unspecified atom stereocenters. The first kappa shape index (κ1) is 14.2. The molecule has 0 atom stereocenters. The van der Waals surface area contributed by atoms with Crippen LogP contribution >= 0.6 is 23.2 Å². The summed E-state index contributed by atoms with van der Waals surface area (Å²) in [5.74, 6) is -0.982. The molecule has 1 aromatic rings. The minimum Gasteiger partial charge on any atom is -0.480 e. The van der Waals surface area contributed by atoms with Gasteiger partial charge in [0.1, 0.15) is 6.54 Å². The number of amides is 1. The summed E-state index contributed by atoms with van der Waals surface area (Å²) >= 11 is 11.8. The van der Waals surface area contributed by atoms with E-state index in [0.29, 0.717) is 17.5 Å². The van der Waals surface area contributed by atoms with E-state index in [1.807, 2.05) is 0 Å². The zero-order chi connectivity index (χ0) is 14.0. The van der Waals surface area contributed by atoms with Crippen LogP contribution in [0.3, 0.4) is 0 Å². The Bertz CT molecular complexity index is 515. The van der Waals surface area contributed by atoms with Crippen molar-refractivity contribution in [3.05, 3.63) is 33.8 Å². The standard InChI is InChI=1S/C13H13Cl2NO3/c14-9-3-4-10(11(15)5-9)13(19)16(7-12(17)18)6-8-1-2-8/h3-5,8H,1-2,6-7H2,(H,17,18). The van der Waals surface area contributed by atoms with E-state index in [2.05, 4.69) is 0 Å². The Kier molecular flexibility index (Phi) is 4.32. The van der Waals surface area contributed by atoms with Gasteiger partial charge in [-0.05, 0) is 37.0 Å². The molecule has 1 saturated carbocycles. The van der Waals surface area contributed by atoms with Crippen LogP contribution in [0.25, 0.3) is 0 Å². The first-order valence-electron chi connectivity index (χ1n) is 5.93. The maximum absolute atomic E-state index is 12.3. The number of hydrogen-bond donors (Lipinski definition) is 1. The molecule has 4 nitrogen and oxygen atoms in total. The first-order chi connectivity index (χ1) is 8.97. The lowest BCUT2D eigenvalue weighted by Gasteiger charge is -2.21. The van der Waals surface area contributed by atoms with Crippen LogP contribution in [-0.2, 0) is 4.79 Å². The fraction of sp³-hybridized carbons (Fsp3) is 0.385. The van der Waals surface area contributed by atoms with Crippen molar-refractivity contribution < 1.29 is 14.7 Å². The van der Waals surface area contributed by atoms with Crippen molar-refractivity contribution in [2.75, 3.05) is 13.1 Å². The van der Waals surface area contributed by atoms with Crippen molar-refractivity contribution >= 4 is 35.1 Å². The molecule has 0 aliphatic heterocycles. The molecular weight excluding hydrogens is 289 g/mol. The van der Waals surface area contributed by atoms with Gasteiger partial charge in [-0.15, -0.1) is 0 Å². The van der Waals surface area contributed by atoms with Crippen molar-refractivity contribution in [2.45, 2.75) is 12.8 Å².